The summed E-state index contributed by atoms with van der Waals surface area (Å²) in [5, 5.41) is 5.84. The molecule has 0 fully saturated rings. The van der Waals surface area contributed by atoms with Gasteiger partial charge in [0.1, 0.15) is 0 Å². The molecule has 154 valence electrons. The highest BCUT2D eigenvalue weighted by atomic mass is 35.5. The monoisotopic (exact) mass is 417 g/mol. The summed E-state index contributed by atoms with van der Waals surface area (Å²) in [5.74, 6) is 0.497. The Morgan fingerprint density at radius 1 is 1.28 bits per heavy atom. The molecule has 1 aromatic heterocycles. The molecule has 0 radical (unpaired) electrons. The van der Waals surface area contributed by atoms with Crippen LogP contribution >= 0.6 is 11.6 Å². The molecule has 2 N–H and O–H groups in total. The lowest BCUT2D eigenvalue weighted by Crippen LogP contribution is -2.29. The van der Waals surface area contributed by atoms with Gasteiger partial charge in [0.05, 0.1) is 18.7 Å². The molecule has 0 saturated carbocycles. The first kappa shape index (κ1) is 22.2. The fraction of sp³-hybridized carbons (Fsp3) is 0.286. The SMILES string of the molecule is CCOc1cc(/C=C/C(=O)NCCC(=O)NCc2cccnc2)cc(Cl)c1OC. The molecule has 1 aromatic carbocycles. The van der Waals surface area contributed by atoms with Crippen molar-refractivity contribution in [3.8, 4) is 11.5 Å². The summed E-state index contributed by atoms with van der Waals surface area (Å²) in [7, 11) is 1.51. The molecule has 2 aromatic rings. The zero-order valence-corrected chi connectivity index (χ0v) is 17.2. The Bertz CT molecular complexity index is 857. The number of benzene rings is 1. The number of hydrogen-bond donors (Lipinski definition) is 2. The summed E-state index contributed by atoms with van der Waals surface area (Å²) in [6, 6.07) is 7.10. The highest BCUT2D eigenvalue weighted by molar-refractivity contribution is 6.32. The minimum atomic E-state index is -0.310. The molecule has 7 nitrogen and oxygen atoms in total. The van der Waals surface area contributed by atoms with Gasteiger partial charge in [-0.3, -0.25) is 14.6 Å². The number of nitrogens with one attached hydrogen (secondary N) is 2. The quantitative estimate of drug-likeness (QED) is 0.580. The van der Waals surface area contributed by atoms with E-state index >= 15 is 0 Å². The Morgan fingerprint density at radius 3 is 2.79 bits per heavy atom. The molecule has 0 aliphatic heterocycles. The Morgan fingerprint density at radius 2 is 2.10 bits per heavy atom. The third-order valence-electron chi connectivity index (χ3n) is 3.83. The summed E-state index contributed by atoms with van der Waals surface area (Å²) in [6.45, 7) is 2.95. The lowest BCUT2D eigenvalue weighted by molar-refractivity contribution is -0.121. The molecule has 29 heavy (non-hydrogen) atoms. The van der Waals surface area contributed by atoms with Crippen LogP contribution in [-0.4, -0.2) is 37.1 Å². The van der Waals surface area contributed by atoms with E-state index in [9.17, 15) is 9.59 Å². The molecule has 2 rings (SSSR count). The van der Waals surface area contributed by atoms with Gasteiger partial charge >= 0.3 is 0 Å². The van der Waals surface area contributed by atoms with Gasteiger partial charge in [-0.05, 0) is 42.3 Å². The number of nitrogens with zero attached hydrogens (tertiary/aromatic N) is 1. The number of carbonyl (C=O) groups is 2. The standard InChI is InChI=1S/C21H24ClN3O4/c1-3-29-18-12-15(11-17(22)21(18)28-2)6-7-19(26)24-10-8-20(27)25-14-16-5-4-9-23-13-16/h4-7,9,11-13H,3,8,10,14H2,1-2H3,(H,24,26)(H,25,27)/b7-6+. The van der Waals surface area contributed by atoms with Crippen LogP contribution in [0.3, 0.4) is 0 Å². The Balaban J connectivity index is 1.80. The van der Waals surface area contributed by atoms with Crippen molar-refractivity contribution in [2.75, 3.05) is 20.3 Å². The average molecular weight is 418 g/mol. The van der Waals surface area contributed by atoms with Gasteiger partial charge < -0.3 is 20.1 Å². The van der Waals surface area contributed by atoms with Crippen molar-refractivity contribution >= 4 is 29.5 Å². The molecule has 0 aliphatic carbocycles. The first-order valence-electron chi connectivity index (χ1n) is 9.15. The summed E-state index contributed by atoms with van der Waals surface area (Å²) < 4.78 is 10.7. The van der Waals surface area contributed by atoms with Crippen molar-refractivity contribution in [3.63, 3.8) is 0 Å². The molecule has 0 atom stereocenters. The van der Waals surface area contributed by atoms with E-state index in [2.05, 4.69) is 15.6 Å². The number of aromatic nitrogens is 1. The van der Waals surface area contributed by atoms with Gasteiger partial charge in [0.15, 0.2) is 11.5 Å². The first-order chi connectivity index (χ1) is 14.0. The number of amides is 2. The van der Waals surface area contributed by atoms with Crippen molar-refractivity contribution in [1.82, 2.24) is 15.6 Å². The normalized spacial score (nSPS) is 10.6. The molecular weight excluding hydrogens is 394 g/mol. The van der Waals surface area contributed by atoms with Crippen LogP contribution in [0.5, 0.6) is 11.5 Å². The van der Waals surface area contributed by atoms with E-state index in [0.29, 0.717) is 35.2 Å². The van der Waals surface area contributed by atoms with Crippen LogP contribution in [0.1, 0.15) is 24.5 Å². The third kappa shape index (κ3) is 7.46. The maximum absolute atomic E-state index is 12.0. The number of pyridine rings is 1. The summed E-state index contributed by atoms with van der Waals surface area (Å²) >= 11 is 6.19. The van der Waals surface area contributed by atoms with Crippen molar-refractivity contribution < 1.29 is 19.1 Å². The minimum Gasteiger partial charge on any atom is -0.491 e. The second-order valence-corrected chi connectivity index (χ2v) is 6.39. The number of rotatable bonds is 10. The fourth-order valence-electron chi connectivity index (χ4n) is 2.47. The first-order valence-corrected chi connectivity index (χ1v) is 9.53. The molecule has 8 heteroatoms. The molecule has 1 heterocycles. The van der Waals surface area contributed by atoms with Crippen LogP contribution in [0, 0.1) is 0 Å². The number of methoxy groups -OCH3 is 1. The predicted octanol–water partition coefficient (Wildman–Crippen LogP) is 2.98. The van der Waals surface area contributed by atoms with Crippen molar-refractivity contribution in [2.45, 2.75) is 19.9 Å². The van der Waals surface area contributed by atoms with Crippen LogP contribution in [0.15, 0.2) is 42.7 Å². The number of ether oxygens (including phenoxy) is 2. The van der Waals surface area contributed by atoms with Crippen molar-refractivity contribution in [1.29, 1.82) is 0 Å². The van der Waals surface area contributed by atoms with Crippen LogP contribution in [-0.2, 0) is 16.1 Å². The second-order valence-electron chi connectivity index (χ2n) is 5.98. The zero-order chi connectivity index (χ0) is 21.1. The van der Waals surface area contributed by atoms with Crippen molar-refractivity contribution in [2.24, 2.45) is 0 Å². The van der Waals surface area contributed by atoms with Crippen LogP contribution < -0.4 is 20.1 Å². The number of halogens is 1. The molecular formula is C21H24ClN3O4. The highest BCUT2D eigenvalue weighted by Gasteiger charge is 2.10. The molecule has 2 amide bonds. The minimum absolute atomic E-state index is 0.151. The Hall–Kier alpha value is -3.06. The predicted molar refractivity (Wildman–Crippen MR) is 112 cm³/mol. The van der Waals surface area contributed by atoms with E-state index < -0.39 is 0 Å². The Kier molecular flexibility index (Phi) is 8.98. The van der Waals surface area contributed by atoms with Gasteiger partial charge in [0.2, 0.25) is 11.8 Å². The van der Waals surface area contributed by atoms with E-state index in [1.54, 1.807) is 36.7 Å². The largest absolute Gasteiger partial charge is 0.491 e. The summed E-state index contributed by atoms with van der Waals surface area (Å²) in [4.78, 5) is 27.8. The van der Waals surface area contributed by atoms with E-state index in [0.717, 1.165) is 5.56 Å². The van der Waals surface area contributed by atoms with Crippen LogP contribution in [0.2, 0.25) is 5.02 Å². The maximum atomic E-state index is 12.0. The smallest absolute Gasteiger partial charge is 0.244 e. The third-order valence-corrected chi connectivity index (χ3v) is 4.11. The topological polar surface area (TPSA) is 89.5 Å². The lowest BCUT2D eigenvalue weighted by Gasteiger charge is -2.11. The van der Waals surface area contributed by atoms with Gasteiger partial charge in [-0.1, -0.05) is 17.7 Å². The highest BCUT2D eigenvalue weighted by Crippen LogP contribution is 2.36. The molecule has 0 aliphatic rings. The van der Waals surface area contributed by atoms with E-state index in [1.165, 1.54) is 13.2 Å². The average Bonchev–Trinajstić information content (AvgIpc) is 2.72. The van der Waals surface area contributed by atoms with Gasteiger partial charge in [0, 0.05) is 38.0 Å². The van der Waals surface area contributed by atoms with E-state index in [4.69, 9.17) is 21.1 Å². The van der Waals surface area contributed by atoms with Crippen LogP contribution in [0.4, 0.5) is 0 Å². The molecule has 0 bridgehead atoms. The van der Waals surface area contributed by atoms with Gasteiger partial charge in [-0.2, -0.15) is 0 Å². The maximum Gasteiger partial charge on any atom is 0.244 e. The Labute approximate surface area is 175 Å². The molecule has 0 saturated heterocycles. The van der Waals surface area contributed by atoms with Crippen LogP contribution in [0.25, 0.3) is 6.08 Å². The van der Waals surface area contributed by atoms with Crippen molar-refractivity contribution in [3.05, 3.63) is 58.9 Å². The summed E-state index contributed by atoms with van der Waals surface area (Å²) in [6.07, 6.45) is 6.54. The number of hydrogen-bond acceptors (Lipinski definition) is 5. The lowest BCUT2D eigenvalue weighted by atomic mass is 10.2. The second kappa shape index (κ2) is 11.7. The van der Waals surface area contributed by atoms with Gasteiger partial charge in [-0.25, -0.2) is 0 Å². The molecule has 0 spiro atoms. The van der Waals surface area contributed by atoms with E-state index in [1.807, 2.05) is 13.0 Å². The fourth-order valence-corrected chi connectivity index (χ4v) is 2.76. The van der Waals surface area contributed by atoms with E-state index in [-0.39, 0.29) is 24.8 Å². The number of carbonyl (C=O) groups excluding carboxylic acids is 2. The van der Waals surface area contributed by atoms with Gasteiger partial charge in [-0.15, -0.1) is 0 Å². The summed E-state index contributed by atoms with van der Waals surface area (Å²) in [5.41, 5.74) is 1.61. The molecule has 0 unspecified atom stereocenters. The van der Waals surface area contributed by atoms with Gasteiger partial charge in [0.25, 0.3) is 0 Å². The zero-order valence-electron chi connectivity index (χ0n) is 16.4.